The molecule has 1 amide bonds. The van der Waals surface area contributed by atoms with Gasteiger partial charge in [-0.2, -0.15) is 13.9 Å². The Kier molecular flexibility index (Phi) is 5.19. The van der Waals surface area contributed by atoms with Crippen LogP contribution < -0.4 is 5.32 Å². The number of anilines is 1. The minimum Gasteiger partial charge on any atom is -0.319 e. The molecule has 0 spiro atoms. The zero-order valence-corrected chi connectivity index (χ0v) is 14.9. The first kappa shape index (κ1) is 20.2. The van der Waals surface area contributed by atoms with Gasteiger partial charge in [0.05, 0.1) is 23.8 Å². The molecule has 3 aromatic rings. The molecule has 150 valence electrons. The van der Waals surface area contributed by atoms with Crippen molar-refractivity contribution in [3.8, 4) is 11.3 Å². The van der Waals surface area contributed by atoms with Gasteiger partial charge in [-0.15, -0.1) is 0 Å². The van der Waals surface area contributed by atoms with E-state index in [2.05, 4.69) is 22.0 Å². The SMILES string of the molecule is C=CC(F)(F)c1cc(-c2ccc(NC(=O)c3c(F)cncc3F)c(F)c2)n(C)n1. The average Bonchev–Trinajstić information content (AvgIpc) is 3.06. The molecule has 0 unspecified atom stereocenters. The predicted molar refractivity (Wildman–Crippen MR) is 94.8 cm³/mol. The molecule has 29 heavy (non-hydrogen) atoms. The van der Waals surface area contributed by atoms with E-state index in [0.29, 0.717) is 18.5 Å². The summed E-state index contributed by atoms with van der Waals surface area (Å²) >= 11 is 0. The van der Waals surface area contributed by atoms with Gasteiger partial charge in [-0.05, 0) is 24.3 Å². The zero-order chi connectivity index (χ0) is 21.3. The van der Waals surface area contributed by atoms with Gasteiger partial charge >= 0.3 is 5.92 Å². The predicted octanol–water partition coefficient (Wildman–Crippen LogP) is 4.43. The van der Waals surface area contributed by atoms with Crippen LogP contribution in [0.25, 0.3) is 11.3 Å². The molecular formula is C19H13F5N4O. The van der Waals surface area contributed by atoms with Crippen molar-refractivity contribution in [1.29, 1.82) is 0 Å². The van der Waals surface area contributed by atoms with E-state index in [9.17, 15) is 26.7 Å². The van der Waals surface area contributed by atoms with Crippen molar-refractivity contribution in [2.75, 3.05) is 5.32 Å². The lowest BCUT2D eigenvalue weighted by molar-refractivity contribution is 0.0470. The summed E-state index contributed by atoms with van der Waals surface area (Å²) in [5.74, 6) is -7.91. The molecule has 1 N–H and O–H groups in total. The maximum absolute atomic E-state index is 14.4. The number of carbonyl (C=O) groups excluding carboxylic acids is 1. The molecule has 0 fully saturated rings. The number of aromatic nitrogens is 3. The smallest absolute Gasteiger partial charge is 0.309 e. The van der Waals surface area contributed by atoms with Gasteiger partial charge in [0.1, 0.15) is 17.1 Å². The van der Waals surface area contributed by atoms with E-state index in [-0.39, 0.29) is 16.9 Å². The molecule has 0 aliphatic rings. The van der Waals surface area contributed by atoms with Crippen LogP contribution in [0.2, 0.25) is 0 Å². The van der Waals surface area contributed by atoms with Crippen molar-refractivity contribution in [2.24, 2.45) is 7.05 Å². The number of aryl methyl sites for hydroxylation is 1. The number of nitrogens with one attached hydrogen (secondary N) is 1. The van der Waals surface area contributed by atoms with Gasteiger partial charge in [0, 0.05) is 12.6 Å². The largest absolute Gasteiger partial charge is 0.319 e. The van der Waals surface area contributed by atoms with Gasteiger partial charge < -0.3 is 5.32 Å². The second kappa shape index (κ2) is 7.46. The summed E-state index contributed by atoms with van der Waals surface area (Å²) in [6, 6.07) is 4.53. The number of halogens is 5. The number of allylic oxidation sites excluding steroid dienone is 1. The van der Waals surface area contributed by atoms with Gasteiger partial charge in [-0.1, -0.05) is 12.6 Å². The molecule has 3 rings (SSSR count). The minimum absolute atomic E-state index is 0.185. The van der Waals surface area contributed by atoms with Crippen LogP contribution in [0.3, 0.4) is 0 Å². The summed E-state index contributed by atoms with van der Waals surface area (Å²) in [4.78, 5) is 15.3. The summed E-state index contributed by atoms with van der Waals surface area (Å²) < 4.78 is 70.3. The van der Waals surface area contributed by atoms with Crippen molar-refractivity contribution >= 4 is 11.6 Å². The zero-order valence-electron chi connectivity index (χ0n) is 14.9. The highest BCUT2D eigenvalue weighted by molar-refractivity contribution is 6.04. The normalized spacial score (nSPS) is 11.4. The summed E-state index contributed by atoms with van der Waals surface area (Å²) in [6.45, 7) is 3.05. The van der Waals surface area contributed by atoms with Crippen LogP contribution in [0.15, 0.2) is 49.3 Å². The molecule has 0 saturated heterocycles. The fourth-order valence-corrected chi connectivity index (χ4v) is 2.59. The maximum atomic E-state index is 14.4. The molecule has 10 heteroatoms. The van der Waals surface area contributed by atoms with Crippen molar-refractivity contribution in [3.05, 3.63) is 78.0 Å². The number of benzene rings is 1. The molecule has 1 aromatic carbocycles. The third kappa shape index (κ3) is 3.86. The van der Waals surface area contributed by atoms with E-state index in [4.69, 9.17) is 0 Å². The number of rotatable bonds is 5. The van der Waals surface area contributed by atoms with Gasteiger partial charge in [-0.3, -0.25) is 14.5 Å². The summed E-state index contributed by atoms with van der Waals surface area (Å²) in [6.07, 6.45) is 1.74. The molecule has 2 aromatic heterocycles. The standard InChI is InChI=1S/C19H13F5N4O/c1-3-19(23,24)16-7-15(28(2)27-16)10-4-5-14(11(20)6-10)26-18(29)17-12(21)8-25-9-13(17)22/h3-9H,1H2,2H3,(H,26,29). The molecule has 0 saturated carbocycles. The molecule has 0 atom stereocenters. The Morgan fingerprint density at radius 2 is 1.79 bits per heavy atom. The van der Waals surface area contributed by atoms with Crippen LogP contribution >= 0.6 is 0 Å². The van der Waals surface area contributed by atoms with Crippen molar-refractivity contribution < 1.29 is 26.7 Å². The lowest BCUT2D eigenvalue weighted by Crippen LogP contribution is -2.17. The number of hydrogen-bond donors (Lipinski definition) is 1. The average molecular weight is 408 g/mol. The molecule has 0 aliphatic heterocycles. The van der Waals surface area contributed by atoms with E-state index in [1.807, 2.05) is 0 Å². The highest BCUT2D eigenvalue weighted by atomic mass is 19.3. The Morgan fingerprint density at radius 3 is 2.38 bits per heavy atom. The topological polar surface area (TPSA) is 59.8 Å². The van der Waals surface area contributed by atoms with Crippen LogP contribution in [0.5, 0.6) is 0 Å². The summed E-state index contributed by atoms with van der Waals surface area (Å²) in [7, 11) is 1.40. The fourth-order valence-electron chi connectivity index (χ4n) is 2.59. The van der Waals surface area contributed by atoms with E-state index in [1.165, 1.54) is 13.1 Å². The van der Waals surface area contributed by atoms with Crippen molar-refractivity contribution in [3.63, 3.8) is 0 Å². The Morgan fingerprint density at radius 1 is 1.14 bits per heavy atom. The first-order chi connectivity index (χ1) is 13.6. The van der Waals surface area contributed by atoms with Gasteiger partial charge in [0.25, 0.3) is 5.91 Å². The fraction of sp³-hybridized carbons (Fsp3) is 0.105. The Bertz CT molecular complexity index is 1090. The minimum atomic E-state index is -3.36. The molecule has 0 aliphatic carbocycles. The Hall–Kier alpha value is -3.56. The Balaban J connectivity index is 1.90. The molecule has 5 nitrogen and oxygen atoms in total. The van der Waals surface area contributed by atoms with Crippen LogP contribution in [-0.2, 0) is 13.0 Å². The summed E-state index contributed by atoms with van der Waals surface area (Å²) in [5, 5.41) is 5.77. The summed E-state index contributed by atoms with van der Waals surface area (Å²) in [5.41, 5.74) is -1.45. The Labute approximate surface area is 161 Å². The van der Waals surface area contributed by atoms with Crippen LogP contribution in [0, 0.1) is 17.5 Å². The molecule has 2 heterocycles. The quantitative estimate of drug-likeness (QED) is 0.502. The third-order valence-electron chi connectivity index (χ3n) is 4.07. The van der Waals surface area contributed by atoms with E-state index >= 15 is 0 Å². The van der Waals surface area contributed by atoms with Crippen LogP contribution in [-0.4, -0.2) is 20.7 Å². The third-order valence-corrected chi connectivity index (χ3v) is 4.07. The van der Waals surface area contributed by atoms with Gasteiger partial charge in [0.15, 0.2) is 11.6 Å². The lowest BCUT2D eigenvalue weighted by Gasteiger charge is -2.09. The van der Waals surface area contributed by atoms with Gasteiger partial charge in [-0.25, -0.2) is 13.2 Å². The lowest BCUT2D eigenvalue weighted by atomic mass is 10.1. The number of amides is 1. The monoisotopic (exact) mass is 408 g/mol. The van der Waals surface area contributed by atoms with Crippen molar-refractivity contribution in [2.45, 2.75) is 5.92 Å². The first-order valence-electron chi connectivity index (χ1n) is 8.10. The van der Waals surface area contributed by atoms with Crippen molar-refractivity contribution in [1.82, 2.24) is 14.8 Å². The second-order valence-electron chi connectivity index (χ2n) is 5.99. The van der Waals surface area contributed by atoms with E-state index in [1.54, 1.807) is 0 Å². The van der Waals surface area contributed by atoms with Crippen LogP contribution in [0.1, 0.15) is 16.1 Å². The second-order valence-corrected chi connectivity index (χ2v) is 5.99. The number of carbonyl (C=O) groups is 1. The maximum Gasteiger partial charge on any atom is 0.309 e. The van der Waals surface area contributed by atoms with E-state index < -0.39 is 40.5 Å². The number of pyridine rings is 1. The highest BCUT2D eigenvalue weighted by Crippen LogP contribution is 2.32. The number of alkyl halides is 2. The molecule has 0 bridgehead atoms. The number of hydrogen-bond acceptors (Lipinski definition) is 3. The first-order valence-corrected chi connectivity index (χ1v) is 8.10. The van der Waals surface area contributed by atoms with E-state index in [0.717, 1.165) is 22.9 Å². The molecule has 0 radical (unpaired) electrons. The van der Waals surface area contributed by atoms with Gasteiger partial charge in [0.2, 0.25) is 0 Å². The number of nitrogens with zero attached hydrogens (tertiary/aromatic N) is 3. The van der Waals surface area contributed by atoms with Crippen LogP contribution in [0.4, 0.5) is 27.6 Å². The highest BCUT2D eigenvalue weighted by Gasteiger charge is 2.31. The molecular weight excluding hydrogens is 395 g/mol.